The Bertz CT molecular complexity index is 474. The van der Waals surface area contributed by atoms with E-state index in [0.717, 1.165) is 11.1 Å². The maximum Gasteiger partial charge on any atom is 0.258 e. The van der Waals surface area contributed by atoms with E-state index in [1.54, 1.807) is 0 Å². The molecular formula is C11H14N2O. The Labute approximate surface area is 82.8 Å². The molecule has 0 aliphatic carbocycles. The molecule has 0 saturated heterocycles. The standard InChI is InChI=1S/C9H8N2O.C2H6/c1-6-2-3-8-7(4-6)9(12)11-5-10-8;1-2/h2-5H,1H3,(H,10,11,12);1-2H3. The molecule has 2 aromatic rings. The van der Waals surface area contributed by atoms with Gasteiger partial charge >= 0.3 is 0 Å². The predicted molar refractivity (Wildman–Crippen MR) is 58.4 cm³/mol. The van der Waals surface area contributed by atoms with Crippen LogP contribution in [0.5, 0.6) is 0 Å². The monoisotopic (exact) mass is 190 g/mol. The van der Waals surface area contributed by atoms with Crippen molar-refractivity contribution in [3.63, 3.8) is 0 Å². The van der Waals surface area contributed by atoms with Gasteiger partial charge in [0, 0.05) is 0 Å². The molecule has 0 radical (unpaired) electrons. The SMILES string of the molecule is CC.Cc1ccc2nc[nH]c(=O)c2c1. The maximum atomic E-state index is 11.2. The molecule has 3 nitrogen and oxygen atoms in total. The first kappa shape index (κ1) is 10.4. The van der Waals surface area contributed by atoms with Gasteiger partial charge in [-0.25, -0.2) is 4.98 Å². The Kier molecular flexibility index (Phi) is 3.40. The quantitative estimate of drug-likeness (QED) is 0.692. The van der Waals surface area contributed by atoms with Gasteiger partial charge in [0.25, 0.3) is 5.56 Å². The molecule has 0 atom stereocenters. The van der Waals surface area contributed by atoms with Gasteiger partial charge < -0.3 is 4.98 Å². The minimum atomic E-state index is -0.0799. The summed E-state index contributed by atoms with van der Waals surface area (Å²) in [7, 11) is 0. The molecular weight excluding hydrogens is 176 g/mol. The van der Waals surface area contributed by atoms with Crippen molar-refractivity contribution in [1.82, 2.24) is 9.97 Å². The van der Waals surface area contributed by atoms with E-state index >= 15 is 0 Å². The second-order valence-electron chi connectivity index (χ2n) is 2.75. The van der Waals surface area contributed by atoms with Crippen LogP contribution in [0, 0.1) is 6.92 Å². The number of nitrogens with one attached hydrogen (secondary N) is 1. The molecule has 0 bridgehead atoms. The number of rotatable bonds is 0. The molecule has 0 spiro atoms. The van der Waals surface area contributed by atoms with Crippen LogP contribution < -0.4 is 5.56 Å². The zero-order valence-electron chi connectivity index (χ0n) is 8.66. The number of fused-ring (bicyclic) bond motifs is 1. The molecule has 0 unspecified atom stereocenters. The molecule has 1 N–H and O–H groups in total. The normalized spacial score (nSPS) is 9.36. The molecule has 3 heteroatoms. The van der Waals surface area contributed by atoms with Crippen LogP contribution in [0.4, 0.5) is 0 Å². The van der Waals surface area contributed by atoms with Gasteiger partial charge in [0.05, 0.1) is 17.2 Å². The Hall–Kier alpha value is -1.64. The molecule has 1 aromatic heterocycles. The van der Waals surface area contributed by atoms with E-state index in [-0.39, 0.29) is 5.56 Å². The topological polar surface area (TPSA) is 45.8 Å². The number of hydrogen-bond donors (Lipinski definition) is 1. The van der Waals surface area contributed by atoms with E-state index in [0.29, 0.717) is 5.39 Å². The summed E-state index contributed by atoms with van der Waals surface area (Å²) in [5.74, 6) is 0. The van der Waals surface area contributed by atoms with Gasteiger partial charge in [-0.2, -0.15) is 0 Å². The summed E-state index contributed by atoms with van der Waals surface area (Å²) in [4.78, 5) is 17.8. The molecule has 0 saturated carbocycles. The summed E-state index contributed by atoms with van der Waals surface area (Å²) in [6, 6.07) is 5.62. The number of aromatic amines is 1. The van der Waals surface area contributed by atoms with Crippen LogP contribution in [0.1, 0.15) is 19.4 Å². The molecule has 2 rings (SSSR count). The summed E-state index contributed by atoms with van der Waals surface area (Å²) >= 11 is 0. The fraction of sp³-hybridized carbons (Fsp3) is 0.273. The van der Waals surface area contributed by atoms with Gasteiger partial charge in [-0.1, -0.05) is 25.5 Å². The van der Waals surface area contributed by atoms with Crippen molar-refractivity contribution >= 4 is 10.9 Å². The van der Waals surface area contributed by atoms with Gasteiger partial charge in [0.2, 0.25) is 0 Å². The molecule has 14 heavy (non-hydrogen) atoms. The molecule has 74 valence electrons. The summed E-state index contributed by atoms with van der Waals surface area (Å²) in [5.41, 5.74) is 1.73. The van der Waals surface area contributed by atoms with E-state index < -0.39 is 0 Å². The van der Waals surface area contributed by atoms with E-state index in [1.165, 1.54) is 6.33 Å². The Morgan fingerprint density at radius 2 is 2.00 bits per heavy atom. The van der Waals surface area contributed by atoms with Crippen LogP contribution in [0.25, 0.3) is 10.9 Å². The van der Waals surface area contributed by atoms with Gasteiger partial charge in [0.15, 0.2) is 0 Å². The highest BCUT2D eigenvalue weighted by atomic mass is 16.1. The molecule has 1 heterocycles. The lowest BCUT2D eigenvalue weighted by Gasteiger charge is -1.95. The zero-order chi connectivity index (χ0) is 10.6. The fourth-order valence-electron chi connectivity index (χ4n) is 1.18. The highest BCUT2D eigenvalue weighted by Gasteiger charge is 1.97. The van der Waals surface area contributed by atoms with Crippen LogP contribution in [0.3, 0.4) is 0 Å². The minimum Gasteiger partial charge on any atom is -0.313 e. The predicted octanol–water partition coefficient (Wildman–Crippen LogP) is 2.26. The first-order valence-electron chi connectivity index (χ1n) is 4.71. The second kappa shape index (κ2) is 4.56. The van der Waals surface area contributed by atoms with Crippen molar-refractivity contribution in [3.05, 3.63) is 40.4 Å². The average Bonchev–Trinajstić information content (AvgIpc) is 2.22. The zero-order valence-corrected chi connectivity index (χ0v) is 8.66. The van der Waals surface area contributed by atoms with Crippen LogP contribution in [0.2, 0.25) is 0 Å². The number of hydrogen-bond acceptors (Lipinski definition) is 2. The molecule has 0 aliphatic heterocycles. The van der Waals surface area contributed by atoms with E-state index in [1.807, 2.05) is 39.0 Å². The Morgan fingerprint density at radius 3 is 2.71 bits per heavy atom. The average molecular weight is 190 g/mol. The minimum absolute atomic E-state index is 0.0799. The van der Waals surface area contributed by atoms with Crippen LogP contribution in [-0.2, 0) is 0 Å². The fourth-order valence-corrected chi connectivity index (χ4v) is 1.18. The van der Waals surface area contributed by atoms with Crippen molar-refractivity contribution in [1.29, 1.82) is 0 Å². The van der Waals surface area contributed by atoms with Crippen molar-refractivity contribution in [2.75, 3.05) is 0 Å². The van der Waals surface area contributed by atoms with E-state index in [9.17, 15) is 4.79 Å². The molecule has 0 aliphatic rings. The number of nitrogens with zero attached hydrogens (tertiary/aromatic N) is 1. The van der Waals surface area contributed by atoms with E-state index in [2.05, 4.69) is 9.97 Å². The smallest absolute Gasteiger partial charge is 0.258 e. The molecule has 1 aromatic carbocycles. The van der Waals surface area contributed by atoms with Gasteiger partial charge in [0.1, 0.15) is 0 Å². The van der Waals surface area contributed by atoms with Crippen LogP contribution in [-0.4, -0.2) is 9.97 Å². The summed E-state index contributed by atoms with van der Waals surface area (Å²) < 4.78 is 0. The van der Waals surface area contributed by atoms with Crippen LogP contribution in [0.15, 0.2) is 29.3 Å². The third kappa shape index (κ3) is 1.99. The lowest BCUT2D eigenvalue weighted by molar-refractivity contribution is 1.17. The van der Waals surface area contributed by atoms with Crippen molar-refractivity contribution < 1.29 is 0 Å². The Balaban J connectivity index is 0.000000461. The highest BCUT2D eigenvalue weighted by Crippen LogP contribution is 2.07. The first-order chi connectivity index (χ1) is 6.77. The highest BCUT2D eigenvalue weighted by molar-refractivity contribution is 5.77. The Morgan fingerprint density at radius 1 is 1.29 bits per heavy atom. The van der Waals surface area contributed by atoms with Crippen molar-refractivity contribution in [2.24, 2.45) is 0 Å². The van der Waals surface area contributed by atoms with Gasteiger partial charge in [-0.15, -0.1) is 0 Å². The summed E-state index contributed by atoms with van der Waals surface area (Å²) in [5, 5.41) is 0.650. The summed E-state index contributed by atoms with van der Waals surface area (Å²) in [6.45, 7) is 5.95. The molecule has 0 fully saturated rings. The van der Waals surface area contributed by atoms with Gasteiger partial charge in [-0.3, -0.25) is 4.79 Å². The number of aromatic nitrogens is 2. The first-order valence-corrected chi connectivity index (χ1v) is 4.71. The third-order valence-corrected chi connectivity index (χ3v) is 1.80. The number of H-pyrrole nitrogens is 1. The maximum absolute atomic E-state index is 11.2. The second-order valence-corrected chi connectivity index (χ2v) is 2.75. The van der Waals surface area contributed by atoms with Gasteiger partial charge in [-0.05, 0) is 19.1 Å². The largest absolute Gasteiger partial charge is 0.313 e. The lowest BCUT2D eigenvalue weighted by Crippen LogP contribution is -2.05. The number of aryl methyl sites for hydroxylation is 1. The van der Waals surface area contributed by atoms with E-state index in [4.69, 9.17) is 0 Å². The van der Waals surface area contributed by atoms with Crippen molar-refractivity contribution in [2.45, 2.75) is 20.8 Å². The van der Waals surface area contributed by atoms with Crippen molar-refractivity contribution in [3.8, 4) is 0 Å². The van der Waals surface area contributed by atoms with Crippen LogP contribution >= 0.6 is 0 Å². The summed E-state index contributed by atoms with van der Waals surface area (Å²) in [6.07, 6.45) is 1.42. The third-order valence-electron chi connectivity index (χ3n) is 1.80. The number of benzene rings is 1. The molecule has 0 amide bonds. The lowest BCUT2D eigenvalue weighted by atomic mass is 10.2.